The van der Waals surface area contributed by atoms with Crippen molar-refractivity contribution >= 4 is 5.91 Å². The maximum Gasteiger partial charge on any atom is 0.220 e. The molecular formula is C14H23N3O. The van der Waals surface area contributed by atoms with Crippen molar-refractivity contribution in [3.05, 3.63) is 17.5 Å². The van der Waals surface area contributed by atoms with Crippen molar-refractivity contribution in [2.75, 3.05) is 0 Å². The summed E-state index contributed by atoms with van der Waals surface area (Å²) in [4.78, 5) is 11.9. The fraction of sp³-hybridized carbons (Fsp3) is 0.714. The van der Waals surface area contributed by atoms with Crippen LogP contribution in [0.25, 0.3) is 0 Å². The minimum atomic E-state index is 0.169. The molecule has 0 saturated heterocycles. The van der Waals surface area contributed by atoms with Crippen molar-refractivity contribution in [2.24, 2.45) is 13.0 Å². The van der Waals surface area contributed by atoms with Crippen LogP contribution in [-0.4, -0.2) is 15.7 Å². The lowest BCUT2D eigenvalue weighted by Crippen LogP contribution is -2.30. The molecule has 2 rings (SSSR count). The molecule has 0 aliphatic heterocycles. The van der Waals surface area contributed by atoms with Crippen molar-refractivity contribution in [2.45, 2.75) is 52.0 Å². The van der Waals surface area contributed by atoms with Gasteiger partial charge in [-0.15, -0.1) is 0 Å². The van der Waals surface area contributed by atoms with E-state index >= 15 is 0 Å². The van der Waals surface area contributed by atoms with E-state index in [0.29, 0.717) is 12.3 Å². The third-order valence-corrected chi connectivity index (χ3v) is 3.66. The average Bonchev–Trinajstić information content (AvgIpc) is 2.70. The number of hydrogen-bond donors (Lipinski definition) is 1. The van der Waals surface area contributed by atoms with Crippen molar-refractivity contribution in [1.82, 2.24) is 15.1 Å². The molecule has 1 atom stereocenters. The average molecular weight is 249 g/mol. The van der Waals surface area contributed by atoms with Crippen LogP contribution in [0.1, 0.15) is 56.8 Å². The molecule has 0 spiro atoms. The van der Waals surface area contributed by atoms with E-state index in [1.807, 2.05) is 17.9 Å². The third-order valence-electron chi connectivity index (χ3n) is 3.66. The van der Waals surface area contributed by atoms with Gasteiger partial charge in [-0.2, -0.15) is 5.10 Å². The van der Waals surface area contributed by atoms with Crippen LogP contribution in [0.5, 0.6) is 0 Å². The highest BCUT2D eigenvalue weighted by Crippen LogP contribution is 2.29. The molecule has 0 fully saturated rings. The number of fused-ring (bicyclic) bond motifs is 1. The quantitative estimate of drug-likeness (QED) is 0.890. The zero-order valence-electron chi connectivity index (χ0n) is 11.6. The van der Waals surface area contributed by atoms with E-state index < -0.39 is 0 Å². The molecule has 1 aliphatic carbocycles. The van der Waals surface area contributed by atoms with Crippen molar-refractivity contribution in [1.29, 1.82) is 0 Å². The van der Waals surface area contributed by atoms with Gasteiger partial charge in [0.25, 0.3) is 0 Å². The van der Waals surface area contributed by atoms with E-state index in [1.165, 1.54) is 11.3 Å². The minimum absolute atomic E-state index is 0.169. The van der Waals surface area contributed by atoms with Crippen molar-refractivity contribution in [3.63, 3.8) is 0 Å². The Labute approximate surface area is 109 Å². The highest BCUT2D eigenvalue weighted by Gasteiger charge is 2.24. The van der Waals surface area contributed by atoms with Crippen LogP contribution in [0.15, 0.2) is 6.20 Å². The standard InChI is InChI=1S/C14H23N3O/c1-10(2)7-8-14(18)16-12-5-4-6-13-11(12)9-15-17(13)3/h9-10,12H,4-8H2,1-3H3,(H,16,18)/t12-/m1/s1. The molecule has 4 nitrogen and oxygen atoms in total. The lowest BCUT2D eigenvalue weighted by Gasteiger charge is -2.24. The van der Waals surface area contributed by atoms with Gasteiger partial charge in [0.1, 0.15) is 0 Å². The fourth-order valence-corrected chi connectivity index (χ4v) is 2.54. The molecule has 0 saturated carbocycles. The summed E-state index contributed by atoms with van der Waals surface area (Å²) in [5, 5.41) is 7.45. The predicted molar refractivity (Wildman–Crippen MR) is 71.1 cm³/mol. The van der Waals surface area contributed by atoms with Gasteiger partial charge in [-0.25, -0.2) is 0 Å². The summed E-state index contributed by atoms with van der Waals surface area (Å²) in [7, 11) is 1.97. The van der Waals surface area contributed by atoms with Gasteiger partial charge in [0, 0.05) is 24.7 Å². The molecule has 0 aromatic carbocycles. The number of carbonyl (C=O) groups excluding carboxylic acids is 1. The van der Waals surface area contributed by atoms with Crippen LogP contribution in [0.3, 0.4) is 0 Å². The Hall–Kier alpha value is -1.32. The van der Waals surface area contributed by atoms with Crippen LogP contribution in [0.4, 0.5) is 0 Å². The molecular weight excluding hydrogens is 226 g/mol. The van der Waals surface area contributed by atoms with Gasteiger partial charge in [-0.1, -0.05) is 13.8 Å². The number of rotatable bonds is 4. The molecule has 0 unspecified atom stereocenters. The molecule has 0 bridgehead atoms. The first-order chi connectivity index (χ1) is 8.58. The number of hydrogen-bond acceptors (Lipinski definition) is 2. The third kappa shape index (κ3) is 2.92. The zero-order chi connectivity index (χ0) is 13.1. The first-order valence-corrected chi connectivity index (χ1v) is 6.88. The smallest absolute Gasteiger partial charge is 0.220 e. The van der Waals surface area contributed by atoms with Gasteiger partial charge in [-0.3, -0.25) is 9.48 Å². The number of amides is 1. The Morgan fingerprint density at radius 2 is 2.39 bits per heavy atom. The van der Waals surface area contributed by atoms with Crippen molar-refractivity contribution in [3.8, 4) is 0 Å². The summed E-state index contributed by atoms with van der Waals surface area (Å²) in [6.45, 7) is 4.29. The fourth-order valence-electron chi connectivity index (χ4n) is 2.54. The second kappa shape index (κ2) is 5.55. The molecule has 1 aromatic heterocycles. The van der Waals surface area contributed by atoms with Gasteiger partial charge < -0.3 is 5.32 Å². The number of nitrogens with one attached hydrogen (secondary N) is 1. The van der Waals surface area contributed by atoms with Crippen molar-refractivity contribution < 1.29 is 4.79 Å². The lowest BCUT2D eigenvalue weighted by molar-refractivity contribution is -0.122. The Balaban J connectivity index is 1.96. The largest absolute Gasteiger partial charge is 0.349 e. The molecule has 4 heteroatoms. The zero-order valence-corrected chi connectivity index (χ0v) is 11.6. The second-order valence-electron chi connectivity index (χ2n) is 5.62. The second-order valence-corrected chi connectivity index (χ2v) is 5.62. The summed E-state index contributed by atoms with van der Waals surface area (Å²) < 4.78 is 1.93. The van der Waals surface area contributed by atoms with Crippen LogP contribution in [0.2, 0.25) is 0 Å². The summed E-state index contributed by atoms with van der Waals surface area (Å²) in [6.07, 6.45) is 6.72. The van der Waals surface area contributed by atoms with Gasteiger partial charge in [0.05, 0.1) is 12.2 Å². The normalized spacial score (nSPS) is 18.8. The van der Waals surface area contributed by atoms with Gasteiger partial charge in [-0.05, 0) is 31.6 Å². The molecule has 1 heterocycles. The summed E-state index contributed by atoms with van der Waals surface area (Å²) in [6, 6.07) is 0.169. The molecule has 18 heavy (non-hydrogen) atoms. The SMILES string of the molecule is CC(C)CCC(=O)N[C@@H]1CCCc2c1cnn2C. The van der Waals surface area contributed by atoms with E-state index in [2.05, 4.69) is 24.3 Å². The summed E-state index contributed by atoms with van der Waals surface area (Å²) in [5.74, 6) is 0.751. The van der Waals surface area contributed by atoms with Gasteiger partial charge in [0.15, 0.2) is 0 Å². The van der Waals surface area contributed by atoms with Crippen LogP contribution < -0.4 is 5.32 Å². The monoisotopic (exact) mass is 249 g/mol. The topological polar surface area (TPSA) is 46.9 Å². The molecule has 100 valence electrons. The van der Waals surface area contributed by atoms with Crippen LogP contribution in [0, 0.1) is 5.92 Å². The summed E-state index contributed by atoms with van der Waals surface area (Å²) >= 11 is 0. The maximum absolute atomic E-state index is 11.9. The van der Waals surface area contributed by atoms with E-state index in [-0.39, 0.29) is 11.9 Å². The number of nitrogens with zero attached hydrogens (tertiary/aromatic N) is 2. The number of carbonyl (C=O) groups is 1. The minimum Gasteiger partial charge on any atom is -0.349 e. The molecule has 1 aromatic rings. The lowest BCUT2D eigenvalue weighted by atomic mass is 9.93. The molecule has 1 aliphatic rings. The van der Waals surface area contributed by atoms with E-state index in [1.54, 1.807) is 0 Å². The molecule has 1 N–H and O–H groups in total. The Bertz CT molecular complexity index is 423. The Morgan fingerprint density at radius 3 is 3.11 bits per heavy atom. The Kier molecular flexibility index (Phi) is 4.04. The maximum atomic E-state index is 11.9. The highest BCUT2D eigenvalue weighted by atomic mass is 16.1. The van der Waals surface area contributed by atoms with E-state index in [0.717, 1.165) is 25.7 Å². The molecule has 1 amide bonds. The Morgan fingerprint density at radius 1 is 1.61 bits per heavy atom. The van der Waals surface area contributed by atoms with E-state index in [4.69, 9.17) is 0 Å². The van der Waals surface area contributed by atoms with Gasteiger partial charge >= 0.3 is 0 Å². The summed E-state index contributed by atoms with van der Waals surface area (Å²) in [5.41, 5.74) is 2.48. The number of aromatic nitrogens is 2. The van der Waals surface area contributed by atoms with Crippen LogP contribution in [-0.2, 0) is 18.3 Å². The highest BCUT2D eigenvalue weighted by molar-refractivity contribution is 5.76. The first kappa shape index (κ1) is 13.1. The number of aryl methyl sites for hydroxylation is 1. The van der Waals surface area contributed by atoms with E-state index in [9.17, 15) is 4.79 Å². The predicted octanol–water partition coefficient (Wildman–Crippen LogP) is 2.35. The van der Waals surface area contributed by atoms with Crippen LogP contribution >= 0.6 is 0 Å². The van der Waals surface area contributed by atoms with Gasteiger partial charge in [0.2, 0.25) is 5.91 Å². The first-order valence-electron chi connectivity index (χ1n) is 6.88. The molecule has 0 radical (unpaired) electrons.